The van der Waals surface area contributed by atoms with Gasteiger partial charge in [0, 0.05) is 5.92 Å². The molecule has 2 heteroatoms. The van der Waals surface area contributed by atoms with Crippen LogP contribution in [0, 0.1) is 52.8 Å². The number of rotatable bonds is 3. The zero-order valence-electron chi connectivity index (χ0n) is 16.8. The van der Waals surface area contributed by atoms with Crippen LogP contribution in [0.1, 0.15) is 84.5 Å². The maximum atomic E-state index is 11.9. The molecule has 0 saturated heterocycles. The van der Waals surface area contributed by atoms with Crippen LogP contribution in [0.5, 0.6) is 0 Å². The molecular weight excluding hydrogens is 320 g/mol. The van der Waals surface area contributed by atoms with Crippen molar-refractivity contribution in [1.82, 2.24) is 0 Å². The lowest BCUT2D eigenvalue weighted by molar-refractivity contribution is -0.120. The lowest BCUT2D eigenvalue weighted by Gasteiger charge is -2.57. The smallest absolute Gasteiger partial charge is 0.123 e. The van der Waals surface area contributed by atoms with Crippen molar-refractivity contribution in [2.75, 3.05) is 0 Å². The number of hydrogen-bond donors (Lipinski definition) is 1. The standard InChI is InChI=1S/C24H38O2/c1-23(26)11-9-17-16(13-23)5-6-19-18(17)10-12-24(2)21(19)7-8-22(24)20(14-25)15-3-4-15/h14-22,26H,3-13H2,1-2H3/t16-,17+,18-,19-,20?,21+,22-,23-,24+/m1/s1. The minimum absolute atomic E-state index is 0.364. The third-order valence-electron chi connectivity index (χ3n) is 10.1. The second kappa shape index (κ2) is 6.06. The third kappa shape index (κ3) is 2.65. The van der Waals surface area contributed by atoms with E-state index < -0.39 is 5.60 Å². The summed E-state index contributed by atoms with van der Waals surface area (Å²) in [5.41, 5.74) is 0.0272. The fourth-order valence-electron chi connectivity index (χ4n) is 8.77. The van der Waals surface area contributed by atoms with Gasteiger partial charge in [-0.1, -0.05) is 6.92 Å². The Kier molecular flexibility index (Phi) is 4.13. The molecule has 5 rings (SSSR count). The Bertz CT molecular complexity index is 565. The number of hydrogen-bond acceptors (Lipinski definition) is 2. The van der Waals surface area contributed by atoms with Gasteiger partial charge < -0.3 is 9.90 Å². The average molecular weight is 359 g/mol. The van der Waals surface area contributed by atoms with E-state index in [1.165, 1.54) is 64.1 Å². The highest BCUT2D eigenvalue weighted by Gasteiger charge is 2.59. The van der Waals surface area contributed by atoms with E-state index in [4.69, 9.17) is 0 Å². The molecule has 0 aliphatic heterocycles. The van der Waals surface area contributed by atoms with Crippen molar-refractivity contribution < 1.29 is 9.90 Å². The summed E-state index contributed by atoms with van der Waals surface area (Å²) in [4.78, 5) is 11.9. The Hall–Kier alpha value is -0.370. The first-order valence-electron chi connectivity index (χ1n) is 11.6. The van der Waals surface area contributed by atoms with Gasteiger partial charge in [0.05, 0.1) is 5.60 Å². The second-order valence-corrected chi connectivity index (χ2v) is 11.5. The molecule has 0 heterocycles. The summed E-state index contributed by atoms with van der Waals surface area (Å²) in [6.45, 7) is 4.63. The maximum Gasteiger partial charge on any atom is 0.123 e. The molecule has 0 radical (unpaired) electrons. The molecule has 0 aromatic carbocycles. The first kappa shape index (κ1) is 17.7. The zero-order valence-corrected chi connectivity index (χ0v) is 16.8. The van der Waals surface area contributed by atoms with E-state index in [-0.39, 0.29) is 0 Å². The van der Waals surface area contributed by atoms with Gasteiger partial charge in [-0.25, -0.2) is 0 Å². The van der Waals surface area contributed by atoms with Crippen molar-refractivity contribution in [2.24, 2.45) is 52.8 Å². The van der Waals surface area contributed by atoms with E-state index in [0.29, 0.717) is 17.3 Å². The lowest BCUT2D eigenvalue weighted by atomic mass is 9.48. The molecule has 0 aromatic rings. The number of aldehydes is 1. The van der Waals surface area contributed by atoms with Gasteiger partial charge in [0.15, 0.2) is 0 Å². The molecule has 26 heavy (non-hydrogen) atoms. The van der Waals surface area contributed by atoms with Crippen LogP contribution in [0.15, 0.2) is 0 Å². The molecule has 0 aromatic heterocycles. The summed E-state index contributed by atoms with van der Waals surface area (Å²) >= 11 is 0. The molecule has 1 unspecified atom stereocenters. The van der Waals surface area contributed by atoms with Gasteiger partial charge in [0.1, 0.15) is 6.29 Å². The van der Waals surface area contributed by atoms with Crippen molar-refractivity contribution >= 4 is 6.29 Å². The Morgan fingerprint density at radius 2 is 1.65 bits per heavy atom. The van der Waals surface area contributed by atoms with Gasteiger partial charge >= 0.3 is 0 Å². The summed E-state index contributed by atoms with van der Waals surface area (Å²) < 4.78 is 0. The van der Waals surface area contributed by atoms with Crippen molar-refractivity contribution in [3.63, 3.8) is 0 Å². The fraction of sp³-hybridized carbons (Fsp3) is 0.958. The highest BCUT2D eigenvalue weighted by atomic mass is 16.3. The maximum absolute atomic E-state index is 11.9. The topological polar surface area (TPSA) is 37.3 Å². The van der Waals surface area contributed by atoms with E-state index in [0.717, 1.165) is 48.3 Å². The molecule has 5 saturated carbocycles. The van der Waals surface area contributed by atoms with Crippen molar-refractivity contribution in [2.45, 2.75) is 90.1 Å². The predicted molar refractivity (Wildman–Crippen MR) is 104 cm³/mol. The van der Waals surface area contributed by atoms with E-state index in [2.05, 4.69) is 13.8 Å². The molecule has 146 valence electrons. The van der Waals surface area contributed by atoms with Crippen LogP contribution >= 0.6 is 0 Å². The number of aliphatic hydroxyl groups is 1. The van der Waals surface area contributed by atoms with Crippen LogP contribution in [-0.4, -0.2) is 17.0 Å². The number of carbonyl (C=O) groups is 1. The summed E-state index contributed by atoms with van der Waals surface area (Å²) in [5.74, 6) is 6.11. The lowest BCUT2D eigenvalue weighted by Crippen LogP contribution is -2.51. The van der Waals surface area contributed by atoms with Gasteiger partial charge in [-0.05, 0) is 124 Å². The minimum atomic E-state index is -0.406. The second-order valence-electron chi connectivity index (χ2n) is 11.5. The summed E-state index contributed by atoms with van der Waals surface area (Å²) in [7, 11) is 0. The van der Waals surface area contributed by atoms with Gasteiger partial charge in [-0.3, -0.25) is 0 Å². The quantitative estimate of drug-likeness (QED) is 0.701. The van der Waals surface area contributed by atoms with Gasteiger partial charge in [-0.15, -0.1) is 0 Å². The van der Waals surface area contributed by atoms with E-state index in [1.807, 2.05) is 0 Å². The van der Waals surface area contributed by atoms with E-state index in [1.54, 1.807) is 0 Å². The van der Waals surface area contributed by atoms with Gasteiger partial charge in [-0.2, -0.15) is 0 Å². The Morgan fingerprint density at radius 3 is 2.38 bits per heavy atom. The molecule has 0 bridgehead atoms. The fourth-order valence-corrected chi connectivity index (χ4v) is 8.77. The highest BCUT2D eigenvalue weighted by molar-refractivity contribution is 5.56. The molecule has 0 amide bonds. The third-order valence-corrected chi connectivity index (χ3v) is 10.1. The first-order valence-corrected chi connectivity index (χ1v) is 11.6. The van der Waals surface area contributed by atoms with Crippen molar-refractivity contribution in [1.29, 1.82) is 0 Å². The molecule has 1 N–H and O–H groups in total. The molecule has 9 atom stereocenters. The summed E-state index contributed by atoms with van der Waals surface area (Å²) in [5, 5.41) is 10.5. The van der Waals surface area contributed by atoms with Crippen LogP contribution in [0.2, 0.25) is 0 Å². The summed E-state index contributed by atoms with van der Waals surface area (Å²) in [6, 6.07) is 0. The predicted octanol–water partition coefficient (Wildman–Crippen LogP) is 5.23. The summed E-state index contributed by atoms with van der Waals surface area (Å²) in [6.07, 6.45) is 15.5. The zero-order chi connectivity index (χ0) is 18.1. The number of fused-ring (bicyclic) bond motifs is 5. The Balaban J connectivity index is 1.36. The largest absolute Gasteiger partial charge is 0.390 e. The molecular formula is C24H38O2. The Morgan fingerprint density at radius 1 is 0.885 bits per heavy atom. The number of carbonyl (C=O) groups excluding carboxylic acids is 1. The SMILES string of the molecule is C[C@@]1(O)CC[C@H]2[C@H](CC[C@@H]3[C@@H]2CC[C@]2(C)[C@@H](C(C=O)C4CC4)CC[C@@H]32)C1. The molecule has 0 spiro atoms. The van der Waals surface area contributed by atoms with E-state index in [9.17, 15) is 9.90 Å². The molecule has 2 nitrogen and oxygen atoms in total. The van der Waals surface area contributed by atoms with Gasteiger partial charge in [0.25, 0.3) is 0 Å². The highest BCUT2D eigenvalue weighted by Crippen LogP contribution is 2.66. The molecule has 5 fully saturated rings. The van der Waals surface area contributed by atoms with Crippen LogP contribution in [-0.2, 0) is 4.79 Å². The minimum Gasteiger partial charge on any atom is -0.390 e. The van der Waals surface area contributed by atoms with Gasteiger partial charge in [0.2, 0.25) is 0 Å². The van der Waals surface area contributed by atoms with Crippen molar-refractivity contribution in [3.8, 4) is 0 Å². The first-order chi connectivity index (χ1) is 12.4. The Labute approximate surface area is 159 Å². The average Bonchev–Trinajstić information content (AvgIpc) is 3.37. The molecule has 5 aliphatic carbocycles. The van der Waals surface area contributed by atoms with Crippen molar-refractivity contribution in [3.05, 3.63) is 0 Å². The van der Waals surface area contributed by atoms with Crippen LogP contribution in [0.25, 0.3) is 0 Å². The molecule has 5 aliphatic rings. The normalized spacial score (nSPS) is 54.7. The van der Waals surface area contributed by atoms with Crippen LogP contribution in [0.3, 0.4) is 0 Å². The monoisotopic (exact) mass is 358 g/mol. The van der Waals surface area contributed by atoms with Crippen LogP contribution < -0.4 is 0 Å². The van der Waals surface area contributed by atoms with Crippen LogP contribution in [0.4, 0.5) is 0 Å². The van der Waals surface area contributed by atoms with E-state index >= 15 is 0 Å².